The van der Waals surface area contributed by atoms with Crippen LogP contribution in [0.15, 0.2) is 24.3 Å². The molecule has 1 saturated heterocycles. The zero-order chi connectivity index (χ0) is 17.9. The van der Waals surface area contributed by atoms with Crippen LogP contribution in [0.4, 0.5) is 0 Å². The summed E-state index contributed by atoms with van der Waals surface area (Å²) in [5.41, 5.74) is 7.43. The number of likely N-dealkylation sites (tertiary alicyclic amines) is 1. The number of nitrogens with two attached hydrogens (primary N) is 1. The molecule has 2 N–H and O–H groups in total. The summed E-state index contributed by atoms with van der Waals surface area (Å²) in [6.45, 7) is 3.06. The molecule has 0 saturated carbocycles. The molecule has 1 unspecified atom stereocenters. The molecular weight excluding hydrogens is 326 g/mol. The summed E-state index contributed by atoms with van der Waals surface area (Å²) in [6, 6.07) is 7.65. The van der Waals surface area contributed by atoms with E-state index in [1.807, 2.05) is 29.2 Å². The van der Waals surface area contributed by atoms with Crippen molar-refractivity contribution in [3.8, 4) is 0 Å². The second-order valence-corrected chi connectivity index (χ2v) is 7.43. The van der Waals surface area contributed by atoms with E-state index in [2.05, 4.69) is 14.8 Å². The van der Waals surface area contributed by atoms with Gasteiger partial charge >= 0.3 is 0 Å². The van der Waals surface area contributed by atoms with E-state index in [1.54, 1.807) is 0 Å². The fourth-order valence-corrected chi connectivity index (χ4v) is 4.15. The van der Waals surface area contributed by atoms with E-state index in [0.717, 1.165) is 61.7 Å². The average molecular weight is 353 g/mol. The predicted octanol–water partition coefficient (Wildman–Crippen LogP) is 2.48. The highest BCUT2D eigenvalue weighted by molar-refractivity contribution is 5.94. The van der Waals surface area contributed by atoms with Gasteiger partial charge in [-0.2, -0.15) is 0 Å². The number of aryl methyl sites for hydroxylation is 1. The van der Waals surface area contributed by atoms with Gasteiger partial charge in [0, 0.05) is 44.1 Å². The van der Waals surface area contributed by atoms with Crippen LogP contribution in [0, 0.1) is 0 Å². The summed E-state index contributed by atoms with van der Waals surface area (Å²) in [5.74, 6) is 2.60. The van der Waals surface area contributed by atoms with Gasteiger partial charge in [0.25, 0.3) is 5.91 Å². The molecule has 6 nitrogen and oxygen atoms in total. The van der Waals surface area contributed by atoms with E-state index in [0.29, 0.717) is 6.54 Å². The summed E-state index contributed by atoms with van der Waals surface area (Å²) in [5, 5.41) is 8.95. The third-order valence-corrected chi connectivity index (χ3v) is 5.65. The topological polar surface area (TPSA) is 77.0 Å². The molecule has 0 radical (unpaired) electrons. The molecule has 2 aliphatic rings. The Morgan fingerprint density at radius 1 is 1.08 bits per heavy atom. The van der Waals surface area contributed by atoms with Crippen LogP contribution in [-0.4, -0.2) is 38.7 Å². The highest BCUT2D eigenvalue weighted by Crippen LogP contribution is 2.28. The van der Waals surface area contributed by atoms with Gasteiger partial charge in [0.05, 0.1) is 0 Å². The lowest BCUT2D eigenvalue weighted by Crippen LogP contribution is -2.39. The minimum Gasteiger partial charge on any atom is -0.338 e. The summed E-state index contributed by atoms with van der Waals surface area (Å²) < 4.78 is 2.32. The van der Waals surface area contributed by atoms with E-state index in [4.69, 9.17) is 5.73 Å². The number of amides is 1. The predicted molar refractivity (Wildman–Crippen MR) is 99.8 cm³/mol. The van der Waals surface area contributed by atoms with Crippen molar-refractivity contribution < 1.29 is 4.79 Å². The molecule has 6 heteroatoms. The van der Waals surface area contributed by atoms with E-state index >= 15 is 0 Å². The number of benzene rings is 1. The minimum atomic E-state index is 0.105. The maximum Gasteiger partial charge on any atom is 0.253 e. The molecule has 4 rings (SSSR count). The Bertz CT molecular complexity index is 767. The first-order valence-corrected chi connectivity index (χ1v) is 9.76. The molecular formula is C20H27N5O. The molecule has 1 atom stereocenters. The van der Waals surface area contributed by atoms with Crippen LogP contribution < -0.4 is 5.73 Å². The Morgan fingerprint density at radius 2 is 1.92 bits per heavy atom. The standard InChI is InChI=1S/C20H27N5O/c21-13-15-7-9-16(10-8-15)20(26)24-11-4-5-17(14-24)19-23-22-18-6-2-1-3-12-25(18)19/h7-10,17H,1-6,11-14,21H2. The Kier molecular flexibility index (Phi) is 5.02. The minimum absolute atomic E-state index is 0.105. The highest BCUT2D eigenvalue weighted by atomic mass is 16.2. The van der Waals surface area contributed by atoms with Crippen molar-refractivity contribution in [3.63, 3.8) is 0 Å². The molecule has 26 heavy (non-hydrogen) atoms. The van der Waals surface area contributed by atoms with Gasteiger partial charge in [0.2, 0.25) is 0 Å². The summed E-state index contributed by atoms with van der Waals surface area (Å²) in [4.78, 5) is 14.9. The fourth-order valence-electron chi connectivity index (χ4n) is 4.15. The molecule has 1 aromatic carbocycles. The van der Waals surface area contributed by atoms with Gasteiger partial charge in [-0.05, 0) is 43.4 Å². The van der Waals surface area contributed by atoms with Crippen LogP contribution in [0.25, 0.3) is 0 Å². The van der Waals surface area contributed by atoms with Gasteiger partial charge in [-0.15, -0.1) is 10.2 Å². The third-order valence-electron chi connectivity index (χ3n) is 5.65. The number of piperidine rings is 1. The van der Waals surface area contributed by atoms with Crippen molar-refractivity contribution >= 4 is 5.91 Å². The van der Waals surface area contributed by atoms with Crippen molar-refractivity contribution in [1.29, 1.82) is 0 Å². The third kappa shape index (κ3) is 3.38. The van der Waals surface area contributed by atoms with Gasteiger partial charge in [-0.25, -0.2) is 0 Å². The fraction of sp³-hybridized carbons (Fsp3) is 0.550. The molecule has 138 valence electrons. The Morgan fingerprint density at radius 3 is 2.73 bits per heavy atom. The number of carbonyl (C=O) groups excluding carboxylic acids is 1. The van der Waals surface area contributed by atoms with Crippen molar-refractivity contribution in [3.05, 3.63) is 47.0 Å². The molecule has 0 aliphatic carbocycles. The van der Waals surface area contributed by atoms with Crippen LogP contribution in [0.3, 0.4) is 0 Å². The number of hydrogen-bond donors (Lipinski definition) is 1. The summed E-state index contributed by atoms with van der Waals surface area (Å²) in [6.07, 6.45) is 6.77. The van der Waals surface area contributed by atoms with E-state index in [9.17, 15) is 4.79 Å². The van der Waals surface area contributed by atoms with Gasteiger partial charge < -0.3 is 15.2 Å². The van der Waals surface area contributed by atoms with Gasteiger partial charge in [-0.1, -0.05) is 18.6 Å². The van der Waals surface area contributed by atoms with E-state index in [1.165, 1.54) is 19.3 Å². The molecule has 1 aromatic heterocycles. The first-order chi connectivity index (χ1) is 12.8. The number of hydrogen-bond acceptors (Lipinski definition) is 4. The number of rotatable bonds is 3. The van der Waals surface area contributed by atoms with Crippen molar-refractivity contribution in [2.45, 2.75) is 57.5 Å². The second kappa shape index (κ2) is 7.58. The molecule has 1 amide bonds. The van der Waals surface area contributed by atoms with Gasteiger partial charge in [0.1, 0.15) is 11.6 Å². The monoisotopic (exact) mass is 353 g/mol. The summed E-state index contributed by atoms with van der Waals surface area (Å²) >= 11 is 0. The lowest BCUT2D eigenvalue weighted by molar-refractivity contribution is 0.0703. The molecule has 1 fully saturated rings. The quantitative estimate of drug-likeness (QED) is 0.920. The van der Waals surface area contributed by atoms with Crippen molar-refractivity contribution in [2.75, 3.05) is 13.1 Å². The number of nitrogens with zero attached hydrogens (tertiary/aromatic N) is 4. The van der Waals surface area contributed by atoms with E-state index in [-0.39, 0.29) is 11.8 Å². The molecule has 0 bridgehead atoms. The lowest BCUT2D eigenvalue weighted by Gasteiger charge is -2.32. The number of carbonyl (C=O) groups is 1. The van der Waals surface area contributed by atoms with E-state index < -0.39 is 0 Å². The normalized spacial score (nSPS) is 20.5. The summed E-state index contributed by atoms with van der Waals surface area (Å²) in [7, 11) is 0. The zero-order valence-electron chi connectivity index (χ0n) is 15.2. The average Bonchev–Trinajstić information content (AvgIpc) is 2.96. The molecule has 2 aliphatic heterocycles. The first-order valence-electron chi connectivity index (χ1n) is 9.76. The Hall–Kier alpha value is -2.21. The van der Waals surface area contributed by atoms with Crippen molar-refractivity contribution in [2.24, 2.45) is 5.73 Å². The highest BCUT2D eigenvalue weighted by Gasteiger charge is 2.29. The second-order valence-electron chi connectivity index (χ2n) is 7.43. The van der Waals surface area contributed by atoms with Crippen LogP contribution >= 0.6 is 0 Å². The largest absolute Gasteiger partial charge is 0.338 e. The number of fused-ring (bicyclic) bond motifs is 1. The smallest absolute Gasteiger partial charge is 0.253 e. The molecule has 0 spiro atoms. The Labute approximate surface area is 154 Å². The zero-order valence-corrected chi connectivity index (χ0v) is 15.2. The van der Waals surface area contributed by atoms with Crippen LogP contribution in [-0.2, 0) is 19.5 Å². The van der Waals surface area contributed by atoms with Crippen LogP contribution in [0.1, 0.15) is 65.6 Å². The molecule has 3 heterocycles. The SMILES string of the molecule is NCc1ccc(C(=O)N2CCCC(c3nnc4n3CCCCC4)C2)cc1. The van der Waals surface area contributed by atoms with Gasteiger partial charge in [0.15, 0.2) is 0 Å². The van der Waals surface area contributed by atoms with Crippen LogP contribution in [0.2, 0.25) is 0 Å². The Balaban J connectivity index is 1.50. The molecule has 2 aromatic rings. The maximum atomic E-state index is 12.9. The number of aromatic nitrogens is 3. The van der Waals surface area contributed by atoms with Crippen molar-refractivity contribution in [1.82, 2.24) is 19.7 Å². The first kappa shape index (κ1) is 17.2. The maximum absolute atomic E-state index is 12.9. The van der Waals surface area contributed by atoms with Crippen LogP contribution in [0.5, 0.6) is 0 Å². The lowest BCUT2D eigenvalue weighted by atomic mass is 9.96. The van der Waals surface area contributed by atoms with Gasteiger partial charge in [-0.3, -0.25) is 4.79 Å².